The molecule has 0 aliphatic rings. The third-order valence-corrected chi connectivity index (χ3v) is 1.85. The molecule has 13 heavy (non-hydrogen) atoms. The van der Waals surface area contributed by atoms with Gasteiger partial charge in [-0.15, -0.1) is 5.10 Å². The fourth-order valence-corrected chi connectivity index (χ4v) is 1.16. The van der Waals surface area contributed by atoms with Crippen LogP contribution in [0.25, 0.3) is 0 Å². The van der Waals surface area contributed by atoms with Crippen molar-refractivity contribution in [2.45, 2.75) is 46.1 Å². The number of rotatable bonds is 2. The Morgan fingerprint density at radius 2 is 2.00 bits per heavy atom. The SMILES string of the molecule is CCCn1nnc(C(C)(C)C)c1O. The van der Waals surface area contributed by atoms with Gasteiger partial charge in [0.25, 0.3) is 0 Å². The smallest absolute Gasteiger partial charge is 0.233 e. The van der Waals surface area contributed by atoms with Gasteiger partial charge >= 0.3 is 0 Å². The molecule has 0 aromatic carbocycles. The van der Waals surface area contributed by atoms with Gasteiger partial charge in [0, 0.05) is 12.0 Å². The first kappa shape index (κ1) is 10.0. The molecule has 4 heteroatoms. The van der Waals surface area contributed by atoms with E-state index in [0.29, 0.717) is 5.69 Å². The van der Waals surface area contributed by atoms with Gasteiger partial charge in [-0.25, -0.2) is 4.68 Å². The molecule has 1 aromatic rings. The van der Waals surface area contributed by atoms with Gasteiger partial charge in [-0.1, -0.05) is 32.9 Å². The molecule has 1 rings (SSSR count). The van der Waals surface area contributed by atoms with Crippen LogP contribution in [0.15, 0.2) is 0 Å². The number of nitrogens with zero attached hydrogens (tertiary/aromatic N) is 3. The van der Waals surface area contributed by atoms with Gasteiger partial charge in [0.05, 0.1) is 0 Å². The zero-order valence-corrected chi connectivity index (χ0v) is 8.70. The highest BCUT2D eigenvalue weighted by Gasteiger charge is 2.23. The minimum atomic E-state index is -0.143. The maximum absolute atomic E-state index is 9.73. The number of aryl methyl sites for hydroxylation is 1. The molecule has 0 saturated heterocycles. The highest BCUT2D eigenvalue weighted by Crippen LogP contribution is 2.27. The average Bonchev–Trinajstić information content (AvgIpc) is 2.32. The van der Waals surface area contributed by atoms with Crippen LogP contribution in [0, 0.1) is 0 Å². The van der Waals surface area contributed by atoms with Gasteiger partial charge in [0.1, 0.15) is 5.69 Å². The highest BCUT2D eigenvalue weighted by atomic mass is 16.3. The summed E-state index contributed by atoms with van der Waals surface area (Å²) in [7, 11) is 0. The van der Waals surface area contributed by atoms with Crippen molar-refractivity contribution in [1.82, 2.24) is 15.0 Å². The Morgan fingerprint density at radius 3 is 2.38 bits per heavy atom. The molecule has 74 valence electrons. The van der Waals surface area contributed by atoms with Gasteiger partial charge in [0.15, 0.2) is 0 Å². The van der Waals surface area contributed by atoms with E-state index in [1.807, 2.05) is 27.7 Å². The summed E-state index contributed by atoms with van der Waals surface area (Å²) in [5.41, 5.74) is 0.525. The molecule has 1 heterocycles. The molecular weight excluding hydrogens is 166 g/mol. The highest BCUT2D eigenvalue weighted by molar-refractivity contribution is 5.22. The van der Waals surface area contributed by atoms with Crippen molar-refractivity contribution in [3.05, 3.63) is 5.69 Å². The van der Waals surface area contributed by atoms with Crippen molar-refractivity contribution in [3.63, 3.8) is 0 Å². The molecule has 1 N–H and O–H groups in total. The molecule has 0 atom stereocenters. The van der Waals surface area contributed by atoms with Crippen LogP contribution in [0.2, 0.25) is 0 Å². The van der Waals surface area contributed by atoms with Crippen LogP contribution in [0.3, 0.4) is 0 Å². The Bertz CT molecular complexity index is 286. The lowest BCUT2D eigenvalue weighted by Crippen LogP contribution is -2.12. The normalized spacial score (nSPS) is 12.0. The molecule has 0 amide bonds. The van der Waals surface area contributed by atoms with Crippen LogP contribution in [0.1, 0.15) is 39.8 Å². The summed E-state index contributed by atoms with van der Waals surface area (Å²) in [6, 6.07) is 0. The minimum Gasteiger partial charge on any atom is -0.492 e. The molecular formula is C9H17N3O. The third kappa shape index (κ3) is 1.99. The average molecular weight is 183 g/mol. The number of hydrogen-bond donors (Lipinski definition) is 1. The van der Waals surface area contributed by atoms with E-state index < -0.39 is 0 Å². The molecule has 4 nitrogen and oxygen atoms in total. The lowest BCUT2D eigenvalue weighted by Gasteiger charge is -2.14. The lowest BCUT2D eigenvalue weighted by atomic mass is 9.92. The van der Waals surface area contributed by atoms with Crippen molar-refractivity contribution in [1.29, 1.82) is 0 Å². The fraction of sp³-hybridized carbons (Fsp3) is 0.778. The second-order valence-corrected chi connectivity index (χ2v) is 4.23. The van der Waals surface area contributed by atoms with E-state index in [4.69, 9.17) is 0 Å². The number of aromatic hydroxyl groups is 1. The number of hydrogen-bond acceptors (Lipinski definition) is 3. The van der Waals surface area contributed by atoms with Crippen LogP contribution < -0.4 is 0 Å². The molecule has 0 spiro atoms. The zero-order valence-electron chi connectivity index (χ0n) is 8.70. The van der Waals surface area contributed by atoms with E-state index in [1.165, 1.54) is 0 Å². The maximum Gasteiger partial charge on any atom is 0.233 e. The molecule has 0 radical (unpaired) electrons. The van der Waals surface area contributed by atoms with E-state index in [0.717, 1.165) is 13.0 Å². The molecule has 0 aliphatic heterocycles. The topological polar surface area (TPSA) is 50.9 Å². The van der Waals surface area contributed by atoms with Gasteiger partial charge in [0.2, 0.25) is 5.88 Å². The molecule has 0 bridgehead atoms. The Labute approximate surface area is 78.6 Å². The third-order valence-electron chi connectivity index (χ3n) is 1.85. The van der Waals surface area contributed by atoms with Crippen molar-refractivity contribution >= 4 is 0 Å². The molecule has 0 fully saturated rings. The van der Waals surface area contributed by atoms with Crippen molar-refractivity contribution in [2.24, 2.45) is 0 Å². The summed E-state index contributed by atoms with van der Waals surface area (Å²) in [6.07, 6.45) is 0.945. The van der Waals surface area contributed by atoms with E-state index in [2.05, 4.69) is 10.3 Å². The predicted molar refractivity (Wildman–Crippen MR) is 50.7 cm³/mol. The number of aromatic nitrogens is 3. The van der Waals surface area contributed by atoms with Crippen molar-refractivity contribution < 1.29 is 5.11 Å². The van der Waals surface area contributed by atoms with E-state index in [1.54, 1.807) is 4.68 Å². The minimum absolute atomic E-state index is 0.143. The lowest BCUT2D eigenvalue weighted by molar-refractivity contribution is 0.383. The summed E-state index contributed by atoms with van der Waals surface area (Å²) >= 11 is 0. The zero-order chi connectivity index (χ0) is 10.1. The molecule has 0 saturated carbocycles. The first-order valence-electron chi connectivity index (χ1n) is 4.59. The van der Waals surface area contributed by atoms with Crippen molar-refractivity contribution in [3.8, 4) is 5.88 Å². The first-order chi connectivity index (χ1) is 5.96. The largest absolute Gasteiger partial charge is 0.492 e. The molecule has 1 aromatic heterocycles. The van der Waals surface area contributed by atoms with Crippen LogP contribution in [-0.4, -0.2) is 20.1 Å². The second-order valence-electron chi connectivity index (χ2n) is 4.23. The summed E-state index contributed by atoms with van der Waals surface area (Å²) in [5, 5.41) is 17.6. The summed E-state index contributed by atoms with van der Waals surface area (Å²) in [4.78, 5) is 0. The predicted octanol–water partition coefficient (Wildman–Crippen LogP) is 1.69. The van der Waals surface area contributed by atoms with E-state index in [9.17, 15) is 5.11 Å². The Balaban J connectivity index is 2.99. The monoisotopic (exact) mass is 183 g/mol. The summed E-state index contributed by atoms with van der Waals surface area (Å²) < 4.78 is 1.54. The quantitative estimate of drug-likeness (QED) is 0.759. The Kier molecular flexibility index (Phi) is 2.59. The molecule has 0 unspecified atom stereocenters. The Morgan fingerprint density at radius 1 is 1.38 bits per heavy atom. The fourth-order valence-electron chi connectivity index (χ4n) is 1.16. The van der Waals surface area contributed by atoms with Crippen LogP contribution in [-0.2, 0) is 12.0 Å². The standard InChI is InChI=1S/C9H17N3O/c1-5-6-12-8(13)7(10-11-12)9(2,3)4/h13H,5-6H2,1-4H3. The van der Waals surface area contributed by atoms with Crippen LogP contribution >= 0.6 is 0 Å². The van der Waals surface area contributed by atoms with E-state index in [-0.39, 0.29) is 11.3 Å². The van der Waals surface area contributed by atoms with Crippen LogP contribution in [0.4, 0.5) is 0 Å². The van der Waals surface area contributed by atoms with Gasteiger partial charge in [-0.2, -0.15) is 0 Å². The van der Waals surface area contributed by atoms with Crippen molar-refractivity contribution in [2.75, 3.05) is 0 Å². The van der Waals surface area contributed by atoms with Crippen LogP contribution in [0.5, 0.6) is 5.88 Å². The van der Waals surface area contributed by atoms with Gasteiger partial charge in [-0.05, 0) is 6.42 Å². The van der Waals surface area contributed by atoms with Gasteiger partial charge < -0.3 is 5.11 Å². The summed E-state index contributed by atoms with van der Waals surface area (Å²) in [5.74, 6) is 0.203. The summed E-state index contributed by atoms with van der Waals surface area (Å²) in [6.45, 7) is 8.78. The first-order valence-corrected chi connectivity index (χ1v) is 4.59. The second kappa shape index (κ2) is 3.36. The maximum atomic E-state index is 9.73. The van der Waals surface area contributed by atoms with E-state index >= 15 is 0 Å². The van der Waals surface area contributed by atoms with Gasteiger partial charge in [-0.3, -0.25) is 0 Å². The Hall–Kier alpha value is -1.06. The molecule has 0 aliphatic carbocycles.